The zero-order valence-corrected chi connectivity index (χ0v) is 17.1. The molecule has 1 fully saturated rings. The van der Waals surface area contributed by atoms with E-state index >= 15 is 0 Å². The van der Waals surface area contributed by atoms with E-state index in [0.29, 0.717) is 36.0 Å². The Labute approximate surface area is 175 Å². The van der Waals surface area contributed by atoms with Gasteiger partial charge in [0.05, 0.1) is 37.9 Å². The summed E-state index contributed by atoms with van der Waals surface area (Å²) in [5.41, 5.74) is 9.50. The molecule has 0 bridgehead atoms. The van der Waals surface area contributed by atoms with Crippen LogP contribution >= 0.6 is 0 Å². The third-order valence-electron chi connectivity index (χ3n) is 4.72. The molecule has 9 nitrogen and oxygen atoms in total. The van der Waals surface area contributed by atoms with Gasteiger partial charge in [0, 0.05) is 36.1 Å². The lowest BCUT2D eigenvalue weighted by Crippen LogP contribution is -2.36. The molecule has 0 radical (unpaired) electrons. The highest BCUT2D eigenvalue weighted by atomic mass is 16.5. The molecular weight excluding hydrogens is 382 g/mol. The van der Waals surface area contributed by atoms with E-state index in [9.17, 15) is 0 Å². The molecule has 2 aromatic rings. The van der Waals surface area contributed by atoms with Crippen molar-refractivity contribution in [2.45, 2.75) is 6.92 Å². The Kier molecular flexibility index (Phi) is 6.87. The minimum atomic E-state index is 0.222. The highest BCUT2D eigenvalue weighted by molar-refractivity contribution is 6.14. The van der Waals surface area contributed by atoms with Crippen molar-refractivity contribution in [3.63, 3.8) is 0 Å². The molecule has 156 valence electrons. The molecule has 1 aliphatic rings. The average molecular weight is 407 g/mol. The van der Waals surface area contributed by atoms with Gasteiger partial charge in [-0.05, 0) is 31.3 Å². The second-order valence-corrected chi connectivity index (χ2v) is 6.58. The molecule has 0 atom stereocenters. The smallest absolute Gasteiger partial charge is 0.231 e. The number of benzene rings is 1. The number of aliphatic imine (C=N–C) groups is 2. The summed E-state index contributed by atoms with van der Waals surface area (Å²) >= 11 is 0. The molecule has 1 saturated heterocycles. The lowest BCUT2D eigenvalue weighted by atomic mass is 10.00. The van der Waals surface area contributed by atoms with Crippen molar-refractivity contribution in [2.75, 3.05) is 44.0 Å². The van der Waals surface area contributed by atoms with Gasteiger partial charge in [0.2, 0.25) is 5.88 Å². The molecule has 3 rings (SSSR count). The van der Waals surface area contributed by atoms with E-state index in [0.717, 1.165) is 30.2 Å². The Morgan fingerprint density at radius 3 is 2.77 bits per heavy atom. The molecule has 0 spiro atoms. The van der Waals surface area contributed by atoms with Gasteiger partial charge in [-0.2, -0.15) is 0 Å². The third kappa shape index (κ3) is 4.87. The van der Waals surface area contributed by atoms with E-state index in [-0.39, 0.29) is 5.71 Å². The van der Waals surface area contributed by atoms with E-state index in [1.54, 1.807) is 6.07 Å². The summed E-state index contributed by atoms with van der Waals surface area (Å²) in [4.78, 5) is 18.8. The maximum atomic E-state index is 8.68. The minimum Gasteiger partial charge on any atom is -0.480 e. The maximum absolute atomic E-state index is 8.68. The second-order valence-electron chi connectivity index (χ2n) is 6.58. The Bertz CT molecular complexity index is 995. The van der Waals surface area contributed by atoms with E-state index in [1.807, 2.05) is 25.1 Å². The fourth-order valence-electron chi connectivity index (χ4n) is 2.97. The van der Waals surface area contributed by atoms with Crippen LogP contribution in [0, 0.1) is 5.41 Å². The number of hydrogen-bond donors (Lipinski definition) is 2. The van der Waals surface area contributed by atoms with Crippen LogP contribution in [0.1, 0.15) is 23.7 Å². The van der Waals surface area contributed by atoms with Gasteiger partial charge in [-0.1, -0.05) is 6.07 Å². The van der Waals surface area contributed by atoms with Crippen molar-refractivity contribution in [3.05, 3.63) is 59.5 Å². The highest BCUT2D eigenvalue weighted by Gasteiger charge is 2.16. The third-order valence-corrected chi connectivity index (χ3v) is 4.72. The van der Waals surface area contributed by atoms with Crippen molar-refractivity contribution in [3.8, 4) is 0 Å². The number of aromatic nitrogens is 2. The SMILES string of the molecule is C=N/C(=C\N=C(C)c1ccc(N)c(C(=N)c2cc(N3CCOCC3)ncn2)c1)OC. The first-order valence-electron chi connectivity index (χ1n) is 9.42. The van der Waals surface area contributed by atoms with Crippen molar-refractivity contribution >= 4 is 29.6 Å². The molecule has 0 amide bonds. The zero-order valence-electron chi connectivity index (χ0n) is 17.1. The van der Waals surface area contributed by atoms with Crippen LogP contribution in [-0.4, -0.2) is 61.5 Å². The van der Waals surface area contributed by atoms with Crippen LogP contribution in [0.25, 0.3) is 0 Å². The summed E-state index contributed by atoms with van der Waals surface area (Å²) in [5.74, 6) is 1.09. The van der Waals surface area contributed by atoms with Crippen LogP contribution in [0.5, 0.6) is 0 Å². The molecule has 30 heavy (non-hydrogen) atoms. The number of ether oxygens (including phenoxy) is 2. The number of morpholine rings is 1. The summed E-state index contributed by atoms with van der Waals surface area (Å²) in [5, 5.41) is 8.68. The summed E-state index contributed by atoms with van der Waals surface area (Å²) in [7, 11) is 1.50. The molecule has 1 aromatic heterocycles. The number of nitrogens with zero attached hydrogens (tertiary/aromatic N) is 5. The van der Waals surface area contributed by atoms with Gasteiger partial charge in [-0.3, -0.25) is 10.4 Å². The monoisotopic (exact) mass is 407 g/mol. The van der Waals surface area contributed by atoms with Gasteiger partial charge in [-0.15, -0.1) is 0 Å². The van der Waals surface area contributed by atoms with Crippen LogP contribution in [0.2, 0.25) is 0 Å². The number of rotatable bonds is 7. The number of nitrogens with one attached hydrogen (secondary N) is 1. The molecule has 2 heterocycles. The molecule has 0 aliphatic carbocycles. The molecule has 0 unspecified atom stereocenters. The van der Waals surface area contributed by atoms with Crippen LogP contribution in [-0.2, 0) is 9.47 Å². The van der Waals surface area contributed by atoms with Gasteiger partial charge in [0.15, 0.2) is 0 Å². The van der Waals surface area contributed by atoms with Crippen LogP contribution in [0.15, 0.2) is 52.7 Å². The molecular formula is C21H25N7O2. The van der Waals surface area contributed by atoms with E-state index < -0.39 is 0 Å². The predicted octanol–water partition coefficient (Wildman–Crippen LogP) is 2.27. The largest absolute Gasteiger partial charge is 0.480 e. The summed E-state index contributed by atoms with van der Waals surface area (Å²) in [6, 6.07) is 7.25. The quantitative estimate of drug-likeness (QED) is 0.412. The van der Waals surface area contributed by atoms with Crippen molar-refractivity contribution in [1.29, 1.82) is 5.41 Å². The lowest BCUT2D eigenvalue weighted by molar-refractivity contribution is 0.122. The highest BCUT2D eigenvalue weighted by Crippen LogP contribution is 2.21. The van der Waals surface area contributed by atoms with E-state index in [1.165, 1.54) is 19.6 Å². The summed E-state index contributed by atoms with van der Waals surface area (Å²) in [6.07, 6.45) is 2.96. The Morgan fingerprint density at radius 2 is 2.07 bits per heavy atom. The van der Waals surface area contributed by atoms with Crippen molar-refractivity contribution < 1.29 is 9.47 Å². The molecule has 9 heteroatoms. The fraction of sp³-hybridized carbons (Fsp3) is 0.286. The Morgan fingerprint density at radius 1 is 1.30 bits per heavy atom. The number of nitrogens with two attached hydrogens (primary N) is 1. The molecule has 3 N–H and O–H groups in total. The number of anilines is 2. The minimum absolute atomic E-state index is 0.222. The second kappa shape index (κ2) is 9.75. The first-order chi connectivity index (χ1) is 14.5. The molecule has 0 saturated carbocycles. The number of nitrogen functional groups attached to an aromatic ring is 1. The van der Waals surface area contributed by atoms with Gasteiger partial charge in [-0.25, -0.2) is 15.0 Å². The first-order valence-corrected chi connectivity index (χ1v) is 9.42. The number of hydrogen-bond acceptors (Lipinski definition) is 9. The Balaban J connectivity index is 1.89. The average Bonchev–Trinajstić information content (AvgIpc) is 2.80. The van der Waals surface area contributed by atoms with Crippen LogP contribution in [0.4, 0.5) is 11.5 Å². The van der Waals surface area contributed by atoms with Gasteiger partial charge < -0.3 is 20.1 Å². The van der Waals surface area contributed by atoms with Gasteiger partial charge in [0.1, 0.15) is 12.1 Å². The summed E-state index contributed by atoms with van der Waals surface area (Å²) < 4.78 is 10.4. The topological polar surface area (TPSA) is 122 Å². The van der Waals surface area contributed by atoms with Gasteiger partial charge >= 0.3 is 0 Å². The fourth-order valence-corrected chi connectivity index (χ4v) is 2.97. The van der Waals surface area contributed by atoms with Gasteiger partial charge in [0.25, 0.3) is 0 Å². The zero-order chi connectivity index (χ0) is 21.5. The summed E-state index contributed by atoms with van der Waals surface area (Å²) in [6.45, 7) is 8.11. The maximum Gasteiger partial charge on any atom is 0.231 e. The van der Waals surface area contributed by atoms with Crippen LogP contribution < -0.4 is 10.6 Å². The van der Waals surface area contributed by atoms with Crippen LogP contribution in [0.3, 0.4) is 0 Å². The molecule has 1 aliphatic heterocycles. The van der Waals surface area contributed by atoms with E-state index in [4.69, 9.17) is 20.6 Å². The normalized spacial score (nSPS) is 15.1. The van der Waals surface area contributed by atoms with Crippen molar-refractivity contribution in [2.24, 2.45) is 9.98 Å². The number of methoxy groups -OCH3 is 1. The van der Waals surface area contributed by atoms with Crippen molar-refractivity contribution in [1.82, 2.24) is 9.97 Å². The first kappa shape index (κ1) is 21.1. The predicted molar refractivity (Wildman–Crippen MR) is 119 cm³/mol. The van der Waals surface area contributed by atoms with E-state index in [2.05, 4.69) is 31.6 Å². The lowest BCUT2D eigenvalue weighted by Gasteiger charge is -2.27. The standard InChI is InChI=1S/C21H25N7O2/c1-14(25-12-20(24-2)29-3)15-4-5-17(22)16(10-15)21(23)18-11-19(27-13-26-18)28-6-8-30-9-7-28/h4-5,10-13,23H,2,6-9,22H2,1,3H3/b20-12+,23-21?,25-14?. The Hall–Kier alpha value is -3.59. The molecule has 1 aromatic carbocycles.